The number of rotatable bonds is 9. The van der Waals surface area contributed by atoms with Gasteiger partial charge in [-0.1, -0.05) is 47.1 Å². The van der Waals surface area contributed by atoms with Crippen LogP contribution in [0.4, 0.5) is 0 Å². The molecule has 0 atom stereocenters. The summed E-state index contributed by atoms with van der Waals surface area (Å²) in [4.78, 5) is 38.0. The number of carbonyl (C=O) groups excluding carboxylic acids is 1. The molecule has 0 fully saturated rings. The average molecular weight is 530 g/mol. The normalized spacial score (nSPS) is 13.1. The highest BCUT2D eigenvalue weighted by atomic mass is 16.5. The number of nitrogens with one attached hydrogen (secondary N) is 1. The lowest BCUT2D eigenvalue weighted by Gasteiger charge is -2.26. The molecule has 0 saturated heterocycles. The molecule has 0 spiro atoms. The van der Waals surface area contributed by atoms with E-state index in [0.717, 1.165) is 32.5 Å². The molecule has 0 bridgehead atoms. The van der Waals surface area contributed by atoms with Gasteiger partial charge in [0.25, 0.3) is 17.6 Å². The van der Waals surface area contributed by atoms with Crippen molar-refractivity contribution in [1.82, 2.24) is 20.4 Å². The fourth-order valence-electron chi connectivity index (χ4n) is 3.64. The van der Waals surface area contributed by atoms with Crippen molar-refractivity contribution in [3.63, 3.8) is 0 Å². The highest BCUT2D eigenvalue weighted by molar-refractivity contribution is 5.90. The number of hydrogen-bond donors (Lipinski definition) is 3. The molecule has 39 heavy (non-hydrogen) atoms. The number of benzene rings is 2. The topological polar surface area (TPSA) is 170 Å². The van der Waals surface area contributed by atoms with Crippen molar-refractivity contribution in [2.45, 2.75) is 19.4 Å². The van der Waals surface area contributed by atoms with Crippen LogP contribution < -0.4 is 5.32 Å². The molecule has 0 aliphatic carbocycles. The largest absolute Gasteiger partial charge is 0.478 e. The fourth-order valence-corrected chi connectivity index (χ4v) is 3.64. The second-order valence-electron chi connectivity index (χ2n) is 8.46. The van der Waals surface area contributed by atoms with E-state index in [1.165, 1.54) is 11.1 Å². The van der Waals surface area contributed by atoms with Gasteiger partial charge in [-0.15, -0.1) is 0 Å². The maximum Gasteiger partial charge on any atom is 0.328 e. The Balaban J connectivity index is 0.000000459. The smallest absolute Gasteiger partial charge is 0.328 e. The van der Waals surface area contributed by atoms with E-state index in [1.54, 1.807) is 24.3 Å². The molecule has 11 heteroatoms. The minimum absolute atomic E-state index is 0.00557. The summed E-state index contributed by atoms with van der Waals surface area (Å²) in [5, 5.41) is 31.1. The zero-order chi connectivity index (χ0) is 28.0. The van der Waals surface area contributed by atoms with Crippen LogP contribution in [0, 0.1) is 11.3 Å². The number of nitriles is 1. The van der Waals surface area contributed by atoms with Crippen molar-refractivity contribution in [3.05, 3.63) is 95.3 Å². The molecule has 2 aromatic carbocycles. The number of aromatic nitrogens is 2. The van der Waals surface area contributed by atoms with E-state index in [1.807, 2.05) is 6.07 Å². The molecule has 0 radical (unpaired) electrons. The number of nitrogens with zero attached hydrogens (tertiary/aromatic N) is 4. The number of amides is 1. The van der Waals surface area contributed by atoms with Crippen molar-refractivity contribution < 1.29 is 29.1 Å². The molecule has 4 rings (SSSR count). The Labute approximate surface area is 224 Å². The quantitative estimate of drug-likeness (QED) is 0.276. The summed E-state index contributed by atoms with van der Waals surface area (Å²) in [7, 11) is 0. The van der Waals surface area contributed by atoms with Gasteiger partial charge in [0.2, 0.25) is 0 Å². The van der Waals surface area contributed by atoms with Crippen molar-refractivity contribution in [2.24, 2.45) is 0 Å². The van der Waals surface area contributed by atoms with Crippen LogP contribution in [0.25, 0.3) is 11.5 Å². The third-order valence-electron chi connectivity index (χ3n) is 5.63. The lowest BCUT2D eigenvalue weighted by Crippen LogP contribution is -2.30. The second kappa shape index (κ2) is 14.6. The Morgan fingerprint density at radius 3 is 2.33 bits per heavy atom. The highest BCUT2D eigenvalue weighted by Gasteiger charge is 2.16. The predicted molar refractivity (Wildman–Crippen MR) is 140 cm³/mol. The third-order valence-corrected chi connectivity index (χ3v) is 5.63. The van der Waals surface area contributed by atoms with E-state index >= 15 is 0 Å². The average Bonchev–Trinajstić information content (AvgIpc) is 3.44. The summed E-state index contributed by atoms with van der Waals surface area (Å²) in [5.74, 6) is -2.61. The molecule has 1 amide bonds. The summed E-state index contributed by atoms with van der Waals surface area (Å²) in [6, 6.07) is 19.3. The lowest BCUT2D eigenvalue weighted by molar-refractivity contribution is -0.134. The van der Waals surface area contributed by atoms with Gasteiger partial charge in [-0.2, -0.15) is 10.2 Å². The zero-order valence-electron chi connectivity index (χ0n) is 21.0. The van der Waals surface area contributed by atoms with Gasteiger partial charge in [0.1, 0.15) is 0 Å². The number of carboxylic acid groups (broad SMARTS) is 2. The Morgan fingerprint density at radius 1 is 1.05 bits per heavy atom. The molecule has 1 aliphatic heterocycles. The van der Waals surface area contributed by atoms with Crippen LogP contribution in [-0.2, 0) is 16.1 Å². The van der Waals surface area contributed by atoms with Gasteiger partial charge in [0.15, 0.2) is 0 Å². The minimum atomic E-state index is -1.26. The monoisotopic (exact) mass is 529 g/mol. The second-order valence-corrected chi connectivity index (χ2v) is 8.46. The number of aliphatic carboxylic acids is 2. The van der Waals surface area contributed by atoms with Crippen LogP contribution in [0.15, 0.2) is 82.9 Å². The molecule has 1 aromatic heterocycles. The summed E-state index contributed by atoms with van der Waals surface area (Å²) >= 11 is 0. The first-order valence-corrected chi connectivity index (χ1v) is 12.0. The number of carbonyl (C=O) groups is 3. The molecule has 0 unspecified atom stereocenters. The Bertz CT molecular complexity index is 1360. The summed E-state index contributed by atoms with van der Waals surface area (Å²) < 4.78 is 5.18. The molecule has 0 saturated carbocycles. The van der Waals surface area contributed by atoms with E-state index in [-0.39, 0.29) is 17.6 Å². The van der Waals surface area contributed by atoms with Crippen LogP contribution in [-0.4, -0.2) is 62.7 Å². The molecule has 200 valence electrons. The van der Waals surface area contributed by atoms with E-state index in [2.05, 4.69) is 56.8 Å². The van der Waals surface area contributed by atoms with Crippen LogP contribution in [0.2, 0.25) is 0 Å². The van der Waals surface area contributed by atoms with E-state index in [0.29, 0.717) is 29.8 Å². The number of carboxylic acids is 2. The molecular formula is C28H27N5O6. The van der Waals surface area contributed by atoms with Gasteiger partial charge in [-0.3, -0.25) is 9.69 Å². The first-order valence-electron chi connectivity index (χ1n) is 12.0. The maximum absolute atomic E-state index is 12.3. The predicted octanol–water partition coefficient (Wildman–Crippen LogP) is 3.27. The lowest BCUT2D eigenvalue weighted by atomic mass is 10.0. The van der Waals surface area contributed by atoms with E-state index in [9.17, 15) is 14.4 Å². The SMILES string of the molecule is N#Cc1ccc(-c2nc(C(=O)NCCC3=CCN(Cc4ccccc4)CC3)no2)cc1.O=C(O)C=CC(=O)O. The fraction of sp³-hybridized carbons (Fsp3) is 0.214. The Kier molecular flexibility index (Phi) is 10.7. The minimum Gasteiger partial charge on any atom is -0.478 e. The Hall–Kier alpha value is -5.08. The van der Waals surface area contributed by atoms with Crippen LogP contribution in [0.3, 0.4) is 0 Å². The van der Waals surface area contributed by atoms with Gasteiger partial charge < -0.3 is 20.1 Å². The van der Waals surface area contributed by atoms with Gasteiger partial charge in [0.05, 0.1) is 11.6 Å². The first-order chi connectivity index (χ1) is 18.8. The van der Waals surface area contributed by atoms with E-state index < -0.39 is 11.9 Å². The molecule has 3 N–H and O–H groups in total. The number of hydrogen-bond acceptors (Lipinski definition) is 8. The van der Waals surface area contributed by atoms with E-state index in [4.69, 9.17) is 20.0 Å². The summed E-state index contributed by atoms with van der Waals surface area (Å²) in [6.07, 6.45) is 5.19. The van der Waals surface area contributed by atoms with Crippen molar-refractivity contribution in [2.75, 3.05) is 19.6 Å². The summed E-state index contributed by atoms with van der Waals surface area (Å²) in [6.45, 7) is 3.44. The molecule has 1 aliphatic rings. The van der Waals surface area contributed by atoms with Crippen LogP contribution in [0.1, 0.15) is 34.6 Å². The van der Waals surface area contributed by atoms with Crippen molar-refractivity contribution >= 4 is 17.8 Å². The van der Waals surface area contributed by atoms with Crippen molar-refractivity contribution in [1.29, 1.82) is 5.26 Å². The van der Waals surface area contributed by atoms with Crippen molar-refractivity contribution in [3.8, 4) is 17.5 Å². The Morgan fingerprint density at radius 2 is 1.74 bits per heavy atom. The molecule has 3 aromatic rings. The van der Waals surface area contributed by atoms with Gasteiger partial charge in [-0.25, -0.2) is 9.59 Å². The molecule has 2 heterocycles. The van der Waals surface area contributed by atoms with Gasteiger partial charge in [-0.05, 0) is 42.7 Å². The third kappa shape index (κ3) is 9.71. The highest BCUT2D eigenvalue weighted by Crippen LogP contribution is 2.18. The maximum atomic E-state index is 12.3. The summed E-state index contributed by atoms with van der Waals surface area (Å²) in [5.41, 5.74) is 3.89. The van der Waals surface area contributed by atoms with Crippen LogP contribution >= 0.6 is 0 Å². The molecule has 11 nitrogen and oxygen atoms in total. The first kappa shape index (κ1) is 28.5. The van der Waals surface area contributed by atoms with Gasteiger partial charge in [0, 0.05) is 43.9 Å². The zero-order valence-corrected chi connectivity index (χ0v) is 21.0. The van der Waals surface area contributed by atoms with Gasteiger partial charge >= 0.3 is 11.9 Å². The van der Waals surface area contributed by atoms with Crippen LogP contribution in [0.5, 0.6) is 0 Å². The standard InChI is InChI=1S/C24H23N5O2.C4H4O4/c25-16-19-6-8-21(9-7-19)24-27-22(28-31-24)23(30)26-13-10-18-11-14-29(15-12-18)17-20-4-2-1-3-5-20;5-3(6)1-2-4(7)8/h1-9,11H,10,12-15,17H2,(H,26,30);1-2H,(H,5,6)(H,7,8). The molecular weight excluding hydrogens is 502 g/mol.